The van der Waals surface area contributed by atoms with E-state index < -0.39 is 0 Å². The molecular formula is C14H25N3OS. The number of amides is 1. The van der Waals surface area contributed by atoms with Crippen LogP contribution in [0.5, 0.6) is 0 Å². The highest BCUT2D eigenvalue weighted by Crippen LogP contribution is 2.28. The van der Waals surface area contributed by atoms with Crippen molar-refractivity contribution < 1.29 is 4.79 Å². The van der Waals surface area contributed by atoms with Crippen molar-refractivity contribution in [2.75, 3.05) is 5.32 Å². The van der Waals surface area contributed by atoms with Crippen molar-refractivity contribution in [2.45, 2.75) is 71.6 Å². The zero-order valence-corrected chi connectivity index (χ0v) is 13.1. The van der Waals surface area contributed by atoms with E-state index in [0.717, 1.165) is 30.7 Å². The summed E-state index contributed by atoms with van der Waals surface area (Å²) in [5.41, 5.74) is 0. The van der Waals surface area contributed by atoms with Crippen LogP contribution in [0.3, 0.4) is 0 Å². The minimum Gasteiger partial charge on any atom is -0.301 e. The highest BCUT2D eigenvalue weighted by Gasteiger charge is 2.14. The van der Waals surface area contributed by atoms with Gasteiger partial charge in [-0.15, -0.1) is 10.2 Å². The van der Waals surface area contributed by atoms with Crippen molar-refractivity contribution in [3.05, 3.63) is 5.01 Å². The van der Waals surface area contributed by atoms with Crippen LogP contribution in [0.25, 0.3) is 0 Å². The van der Waals surface area contributed by atoms with Gasteiger partial charge in [0.15, 0.2) is 0 Å². The van der Waals surface area contributed by atoms with Crippen molar-refractivity contribution >= 4 is 22.4 Å². The van der Waals surface area contributed by atoms with Gasteiger partial charge < -0.3 is 5.32 Å². The molecule has 0 radical (unpaired) electrons. The maximum absolute atomic E-state index is 11.7. The molecule has 1 rings (SSSR count). The molecule has 0 aliphatic rings. The largest absolute Gasteiger partial charge is 0.301 e. The molecule has 0 bridgehead atoms. The number of unbranched alkanes of at least 4 members (excludes halogenated alkanes) is 3. The van der Waals surface area contributed by atoms with Gasteiger partial charge >= 0.3 is 0 Å². The number of nitrogens with one attached hydrogen (secondary N) is 1. The number of nitrogens with zero attached hydrogens (tertiary/aromatic N) is 2. The first-order valence-electron chi connectivity index (χ1n) is 7.34. The maximum Gasteiger partial charge on any atom is 0.226 e. The third kappa shape index (κ3) is 5.68. The van der Waals surface area contributed by atoms with Crippen LogP contribution in [0, 0.1) is 0 Å². The van der Waals surface area contributed by atoms with Gasteiger partial charge in [-0.1, -0.05) is 51.4 Å². The molecule has 0 unspecified atom stereocenters. The lowest BCUT2D eigenvalue weighted by Crippen LogP contribution is -2.10. The number of carbonyl (C=O) groups is 1. The molecule has 0 aliphatic heterocycles. The van der Waals surface area contributed by atoms with E-state index in [2.05, 4.69) is 36.3 Å². The fraction of sp³-hybridized carbons (Fsp3) is 0.786. The second-order valence-corrected chi connectivity index (χ2v) is 5.83. The molecule has 1 N–H and O–H groups in total. The highest BCUT2D eigenvalue weighted by atomic mass is 32.1. The summed E-state index contributed by atoms with van der Waals surface area (Å²) in [4.78, 5) is 11.7. The number of hydrogen-bond donors (Lipinski definition) is 1. The molecule has 1 aromatic rings. The van der Waals surface area contributed by atoms with Crippen molar-refractivity contribution in [1.82, 2.24) is 10.2 Å². The van der Waals surface area contributed by atoms with E-state index in [0.29, 0.717) is 17.5 Å². The number of carbonyl (C=O) groups excluding carboxylic acids is 1. The minimum atomic E-state index is 0.0587. The summed E-state index contributed by atoms with van der Waals surface area (Å²) in [6.07, 6.45) is 7.19. The Hall–Kier alpha value is -0.970. The standard InChI is InChI=1S/C14H25N3OS/c1-4-7-8-9-10-12(18)15-14-17-16-13(19-14)11(5-2)6-3/h11H,4-10H2,1-3H3,(H,15,17,18). The molecule has 0 aromatic carbocycles. The molecule has 0 aliphatic carbocycles. The fourth-order valence-electron chi connectivity index (χ4n) is 1.98. The van der Waals surface area contributed by atoms with Crippen molar-refractivity contribution in [1.29, 1.82) is 0 Å². The summed E-state index contributed by atoms with van der Waals surface area (Å²) in [5, 5.41) is 12.8. The van der Waals surface area contributed by atoms with Gasteiger partial charge in [0.05, 0.1) is 0 Å². The Morgan fingerprint density at radius 1 is 1.16 bits per heavy atom. The van der Waals surface area contributed by atoms with E-state index in [-0.39, 0.29) is 5.91 Å². The van der Waals surface area contributed by atoms with Crippen molar-refractivity contribution in [3.63, 3.8) is 0 Å². The molecule has 1 aromatic heterocycles. The van der Waals surface area contributed by atoms with E-state index in [1.807, 2.05) is 0 Å². The first-order chi connectivity index (χ1) is 9.21. The van der Waals surface area contributed by atoms with Crippen LogP contribution in [0.15, 0.2) is 0 Å². The van der Waals surface area contributed by atoms with E-state index in [9.17, 15) is 4.79 Å². The van der Waals surface area contributed by atoms with Gasteiger partial charge in [0.1, 0.15) is 5.01 Å². The summed E-state index contributed by atoms with van der Waals surface area (Å²) in [7, 11) is 0. The summed E-state index contributed by atoms with van der Waals surface area (Å²) < 4.78 is 0. The average Bonchev–Trinajstić information content (AvgIpc) is 2.84. The molecule has 0 spiro atoms. The van der Waals surface area contributed by atoms with Crippen LogP contribution in [-0.2, 0) is 4.79 Å². The van der Waals surface area contributed by atoms with E-state index in [1.165, 1.54) is 24.2 Å². The van der Waals surface area contributed by atoms with Gasteiger partial charge in [-0.25, -0.2) is 0 Å². The van der Waals surface area contributed by atoms with Crippen LogP contribution in [0.2, 0.25) is 0 Å². The minimum absolute atomic E-state index is 0.0587. The smallest absolute Gasteiger partial charge is 0.226 e. The number of rotatable bonds is 9. The Labute approximate surface area is 120 Å². The second kappa shape index (κ2) is 9.02. The molecule has 0 atom stereocenters. The van der Waals surface area contributed by atoms with E-state index in [1.54, 1.807) is 0 Å². The summed E-state index contributed by atoms with van der Waals surface area (Å²) >= 11 is 1.51. The van der Waals surface area contributed by atoms with Crippen LogP contribution < -0.4 is 5.32 Å². The topological polar surface area (TPSA) is 54.9 Å². The van der Waals surface area contributed by atoms with Gasteiger partial charge in [-0.2, -0.15) is 0 Å². The molecule has 19 heavy (non-hydrogen) atoms. The summed E-state index contributed by atoms with van der Waals surface area (Å²) in [6.45, 7) is 6.48. The van der Waals surface area contributed by atoms with E-state index >= 15 is 0 Å². The Bertz CT molecular complexity index is 375. The van der Waals surface area contributed by atoms with Crippen LogP contribution in [0.4, 0.5) is 5.13 Å². The first-order valence-corrected chi connectivity index (χ1v) is 8.16. The maximum atomic E-state index is 11.7. The fourth-order valence-corrected chi connectivity index (χ4v) is 3.01. The third-order valence-electron chi connectivity index (χ3n) is 3.28. The SMILES string of the molecule is CCCCCCC(=O)Nc1nnc(C(CC)CC)s1. The van der Waals surface area contributed by atoms with Crippen LogP contribution in [0.1, 0.15) is 76.6 Å². The molecule has 0 saturated heterocycles. The Balaban J connectivity index is 2.38. The van der Waals surface area contributed by atoms with Crippen molar-refractivity contribution in [2.24, 2.45) is 0 Å². The third-order valence-corrected chi connectivity index (χ3v) is 4.28. The predicted octanol–water partition coefficient (Wildman–Crippen LogP) is 4.35. The van der Waals surface area contributed by atoms with Gasteiger partial charge in [0, 0.05) is 12.3 Å². The number of aromatic nitrogens is 2. The second-order valence-electron chi connectivity index (χ2n) is 4.82. The molecule has 108 valence electrons. The molecule has 1 amide bonds. The monoisotopic (exact) mass is 283 g/mol. The lowest BCUT2D eigenvalue weighted by atomic mass is 10.1. The Kier molecular flexibility index (Phi) is 7.63. The molecule has 1 heterocycles. The van der Waals surface area contributed by atoms with E-state index in [4.69, 9.17) is 0 Å². The summed E-state index contributed by atoms with van der Waals surface area (Å²) in [5.74, 6) is 0.524. The molecule has 4 nitrogen and oxygen atoms in total. The Morgan fingerprint density at radius 3 is 2.53 bits per heavy atom. The lowest BCUT2D eigenvalue weighted by molar-refractivity contribution is -0.116. The normalized spacial score (nSPS) is 10.9. The molecular weight excluding hydrogens is 258 g/mol. The lowest BCUT2D eigenvalue weighted by Gasteiger charge is -2.05. The molecule has 0 fully saturated rings. The predicted molar refractivity (Wildman–Crippen MR) is 80.6 cm³/mol. The first kappa shape index (κ1) is 16.1. The van der Waals surface area contributed by atoms with Gasteiger partial charge in [-0.3, -0.25) is 4.79 Å². The summed E-state index contributed by atoms with van der Waals surface area (Å²) in [6, 6.07) is 0. The zero-order valence-electron chi connectivity index (χ0n) is 12.2. The van der Waals surface area contributed by atoms with Gasteiger partial charge in [0.2, 0.25) is 11.0 Å². The van der Waals surface area contributed by atoms with Crippen LogP contribution in [-0.4, -0.2) is 16.1 Å². The van der Waals surface area contributed by atoms with Gasteiger partial charge in [-0.05, 0) is 19.3 Å². The quantitative estimate of drug-likeness (QED) is 0.685. The molecule has 0 saturated carbocycles. The zero-order chi connectivity index (χ0) is 14.1. The Morgan fingerprint density at radius 2 is 1.89 bits per heavy atom. The van der Waals surface area contributed by atoms with Crippen LogP contribution >= 0.6 is 11.3 Å². The number of anilines is 1. The van der Waals surface area contributed by atoms with Crippen molar-refractivity contribution in [3.8, 4) is 0 Å². The number of hydrogen-bond acceptors (Lipinski definition) is 4. The molecule has 5 heteroatoms. The average molecular weight is 283 g/mol. The van der Waals surface area contributed by atoms with Gasteiger partial charge in [0.25, 0.3) is 0 Å². The highest BCUT2D eigenvalue weighted by molar-refractivity contribution is 7.15.